The number of rotatable bonds is 5. The second kappa shape index (κ2) is 9.40. The van der Waals surface area contributed by atoms with Crippen LogP contribution < -0.4 is 21.5 Å². The molecule has 0 radical (unpaired) electrons. The first-order valence-corrected chi connectivity index (χ1v) is 11.6. The van der Waals surface area contributed by atoms with Gasteiger partial charge in [-0.15, -0.1) is 0 Å². The van der Waals surface area contributed by atoms with E-state index in [0.29, 0.717) is 54.3 Å². The Balaban J connectivity index is 1.23. The maximum Gasteiger partial charge on any atom is 0.323 e. The minimum absolute atomic E-state index is 0.126. The second-order valence-electron chi connectivity index (χ2n) is 8.42. The first kappa shape index (κ1) is 22.9. The Bertz CT molecular complexity index is 1490. The van der Waals surface area contributed by atoms with Gasteiger partial charge in [-0.05, 0) is 37.3 Å². The van der Waals surface area contributed by atoms with Gasteiger partial charge < -0.3 is 20.2 Å². The monoisotopic (exact) mass is 493 g/mol. The number of benzene rings is 2. The molecule has 0 spiro atoms. The third kappa shape index (κ3) is 4.58. The molecule has 10 nitrogen and oxygen atoms in total. The quantitative estimate of drug-likeness (QED) is 0.392. The molecule has 1 atom stereocenters. The summed E-state index contributed by atoms with van der Waals surface area (Å²) in [5.74, 6) is -0.138. The van der Waals surface area contributed by atoms with E-state index >= 15 is 0 Å². The smallest absolute Gasteiger partial charge is 0.323 e. The average molecular weight is 494 g/mol. The van der Waals surface area contributed by atoms with Crippen LogP contribution in [0.5, 0.6) is 0 Å². The Kier molecular flexibility index (Phi) is 6.14. The Hall–Kier alpha value is -3.89. The zero-order chi connectivity index (χ0) is 24.5. The van der Waals surface area contributed by atoms with Crippen molar-refractivity contribution < 1.29 is 4.79 Å². The van der Waals surface area contributed by atoms with Gasteiger partial charge in [0.1, 0.15) is 5.02 Å². The van der Waals surface area contributed by atoms with Gasteiger partial charge in [-0.2, -0.15) is 9.78 Å². The van der Waals surface area contributed by atoms with Crippen molar-refractivity contribution in [2.75, 3.05) is 36.4 Å². The van der Waals surface area contributed by atoms with Crippen LogP contribution in [-0.4, -0.2) is 62.8 Å². The zero-order valence-corrected chi connectivity index (χ0v) is 19.7. The van der Waals surface area contributed by atoms with Crippen molar-refractivity contribution in [1.82, 2.24) is 24.6 Å². The second-order valence-corrected chi connectivity index (χ2v) is 8.80. The van der Waals surface area contributed by atoms with Crippen molar-refractivity contribution >= 4 is 39.9 Å². The first-order chi connectivity index (χ1) is 16.9. The average Bonchev–Trinajstić information content (AvgIpc) is 3.25. The molecule has 1 amide bonds. The predicted molar refractivity (Wildman–Crippen MR) is 136 cm³/mol. The molecule has 180 valence electrons. The highest BCUT2D eigenvalue weighted by atomic mass is 35.5. The van der Waals surface area contributed by atoms with Crippen LogP contribution in [0, 0.1) is 0 Å². The summed E-state index contributed by atoms with van der Waals surface area (Å²) in [5.41, 5.74) is 2.51. The minimum atomic E-state index is -0.369. The number of piperazine rings is 1. The molecule has 3 heterocycles. The lowest BCUT2D eigenvalue weighted by atomic mass is 10.2. The van der Waals surface area contributed by atoms with Crippen LogP contribution in [0.1, 0.15) is 6.92 Å². The number of anilines is 2. The number of fused-ring (bicyclic) bond motifs is 1. The fourth-order valence-electron chi connectivity index (χ4n) is 4.27. The summed E-state index contributed by atoms with van der Waals surface area (Å²) < 4.78 is 1.29. The fourth-order valence-corrected chi connectivity index (χ4v) is 4.52. The number of nitrogens with zero attached hydrogens (tertiary/aromatic N) is 4. The lowest BCUT2D eigenvalue weighted by molar-refractivity contribution is -0.120. The van der Waals surface area contributed by atoms with Crippen molar-refractivity contribution in [3.8, 4) is 5.69 Å². The van der Waals surface area contributed by atoms with Crippen molar-refractivity contribution in [2.45, 2.75) is 13.0 Å². The van der Waals surface area contributed by atoms with Gasteiger partial charge >= 0.3 is 5.69 Å². The molecule has 1 unspecified atom stereocenters. The lowest BCUT2D eigenvalue weighted by Crippen LogP contribution is -2.53. The molecule has 1 aliphatic heterocycles. The summed E-state index contributed by atoms with van der Waals surface area (Å²) >= 11 is 6.45. The third-order valence-corrected chi connectivity index (χ3v) is 6.62. The Morgan fingerprint density at radius 1 is 1.03 bits per heavy atom. The van der Waals surface area contributed by atoms with E-state index in [4.69, 9.17) is 11.6 Å². The molecular formula is C24H24ClN7O3. The molecule has 11 heteroatoms. The molecule has 1 aliphatic rings. The van der Waals surface area contributed by atoms with Crippen LogP contribution in [0.3, 0.4) is 0 Å². The normalized spacial score (nSPS) is 15.3. The van der Waals surface area contributed by atoms with Crippen molar-refractivity contribution in [3.63, 3.8) is 0 Å². The van der Waals surface area contributed by atoms with Gasteiger partial charge in [0.25, 0.3) is 5.56 Å². The van der Waals surface area contributed by atoms with Gasteiger partial charge in [0.2, 0.25) is 5.91 Å². The number of hydrogen-bond donors (Lipinski definition) is 3. The van der Waals surface area contributed by atoms with Crippen molar-refractivity contribution in [1.29, 1.82) is 0 Å². The van der Waals surface area contributed by atoms with Gasteiger partial charge in [-0.1, -0.05) is 29.8 Å². The standard InChI is InChI=1S/C24H24ClN7O3/c1-15(22(33)27-16-7-8-18-19(13-16)29-24(35)28-18)30-9-11-31(12-10-30)20-14-26-32(23(34)21(20)25)17-5-3-2-4-6-17/h2-8,13-15H,9-12H2,1H3,(H,27,33)(H2,28,29,35). The molecule has 0 aliphatic carbocycles. The molecule has 35 heavy (non-hydrogen) atoms. The van der Waals surface area contributed by atoms with Crippen molar-refractivity contribution in [3.05, 3.63) is 80.6 Å². The number of H-pyrrole nitrogens is 2. The number of para-hydroxylation sites is 1. The van der Waals surface area contributed by atoms with Crippen LogP contribution >= 0.6 is 11.6 Å². The lowest BCUT2D eigenvalue weighted by Gasteiger charge is -2.38. The molecule has 2 aromatic carbocycles. The molecule has 0 saturated carbocycles. The number of imidazole rings is 1. The Labute approximate surface area is 205 Å². The number of aromatic amines is 2. The van der Waals surface area contributed by atoms with Gasteiger partial charge in [0.05, 0.1) is 34.6 Å². The summed E-state index contributed by atoms with van der Waals surface area (Å²) in [5, 5.41) is 7.36. The van der Waals surface area contributed by atoms with E-state index in [1.54, 1.807) is 36.5 Å². The predicted octanol–water partition coefficient (Wildman–Crippen LogP) is 2.20. The van der Waals surface area contributed by atoms with Crippen LogP contribution in [0.15, 0.2) is 64.3 Å². The molecule has 0 bridgehead atoms. The maximum absolute atomic E-state index is 12.9. The van der Waals surface area contributed by atoms with Crippen LogP contribution in [-0.2, 0) is 4.79 Å². The van der Waals surface area contributed by atoms with E-state index in [1.807, 2.05) is 30.0 Å². The Morgan fingerprint density at radius 2 is 1.74 bits per heavy atom. The van der Waals surface area contributed by atoms with Gasteiger partial charge in [-0.3, -0.25) is 14.5 Å². The third-order valence-electron chi connectivity index (χ3n) is 6.27. The van der Waals surface area contributed by atoms with E-state index in [0.717, 1.165) is 0 Å². The van der Waals surface area contributed by atoms with Crippen LogP contribution in [0.25, 0.3) is 16.7 Å². The first-order valence-electron chi connectivity index (χ1n) is 11.3. The number of carbonyl (C=O) groups excluding carboxylic acids is 1. The number of aromatic nitrogens is 4. The highest BCUT2D eigenvalue weighted by Gasteiger charge is 2.27. The molecule has 2 aromatic heterocycles. The minimum Gasteiger partial charge on any atom is -0.366 e. The fraction of sp³-hybridized carbons (Fsp3) is 0.250. The van der Waals surface area contributed by atoms with Crippen LogP contribution in [0.4, 0.5) is 11.4 Å². The SMILES string of the molecule is CC(C(=O)Nc1ccc2[nH]c(=O)[nH]c2c1)N1CCN(c2cnn(-c3ccccc3)c(=O)c2Cl)CC1. The van der Waals surface area contributed by atoms with Gasteiger partial charge in [0, 0.05) is 31.9 Å². The summed E-state index contributed by atoms with van der Waals surface area (Å²) in [6.45, 7) is 4.31. The molecule has 3 N–H and O–H groups in total. The number of halogens is 1. The maximum atomic E-state index is 12.9. The number of hydrogen-bond acceptors (Lipinski definition) is 6. The number of nitrogens with one attached hydrogen (secondary N) is 3. The summed E-state index contributed by atoms with van der Waals surface area (Å²) in [7, 11) is 0. The summed E-state index contributed by atoms with van der Waals surface area (Å²) in [6.07, 6.45) is 1.62. The van der Waals surface area contributed by atoms with Gasteiger partial charge in [0.15, 0.2) is 0 Å². The van der Waals surface area contributed by atoms with E-state index in [1.165, 1.54) is 4.68 Å². The van der Waals surface area contributed by atoms with Gasteiger partial charge in [-0.25, -0.2) is 4.79 Å². The summed E-state index contributed by atoms with van der Waals surface area (Å²) in [4.78, 5) is 46.6. The van der Waals surface area contributed by atoms with Crippen LogP contribution in [0.2, 0.25) is 5.02 Å². The molecular weight excluding hydrogens is 470 g/mol. The number of amides is 1. The zero-order valence-electron chi connectivity index (χ0n) is 19.0. The largest absolute Gasteiger partial charge is 0.366 e. The summed E-state index contributed by atoms with van der Waals surface area (Å²) in [6, 6.07) is 14.0. The molecule has 1 fully saturated rings. The molecule has 4 aromatic rings. The molecule has 1 saturated heterocycles. The van der Waals surface area contributed by atoms with Crippen molar-refractivity contribution in [2.24, 2.45) is 0 Å². The highest BCUT2D eigenvalue weighted by molar-refractivity contribution is 6.33. The van der Waals surface area contributed by atoms with E-state index in [2.05, 4.69) is 25.3 Å². The topological polar surface area (TPSA) is 119 Å². The van der Waals surface area contributed by atoms with E-state index in [-0.39, 0.29) is 28.2 Å². The number of carbonyl (C=O) groups is 1. The molecule has 5 rings (SSSR count). The Morgan fingerprint density at radius 3 is 2.49 bits per heavy atom. The highest BCUT2D eigenvalue weighted by Crippen LogP contribution is 2.24. The van der Waals surface area contributed by atoms with E-state index in [9.17, 15) is 14.4 Å². The van der Waals surface area contributed by atoms with E-state index < -0.39 is 0 Å².